The van der Waals surface area contributed by atoms with Crippen LogP contribution in [-0.2, 0) is 4.79 Å². The predicted molar refractivity (Wildman–Crippen MR) is 99.4 cm³/mol. The average molecular weight is 356 g/mol. The lowest BCUT2D eigenvalue weighted by Crippen LogP contribution is -2.45. The van der Waals surface area contributed by atoms with Gasteiger partial charge in [-0.2, -0.15) is 0 Å². The lowest BCUT2D eigenvalue weighted by molar-refractivity contribution is -0.132. The monoisotopic (exact) mass is 356 g/mol. The van der Waals surface area contributed by atoms with Gasteiger partial charge in [-0.15, -0.1) is 0 Å². The van der Waals surface area contributed by atoms with Gasteiger partial charge >= 0.3 is 0 Å². The minimum atomic E-state index is -0.521. The lowest BCUT2D eigenvalue weighted by atomic mass is 9.89. The molecular formula is C21H28N2O3. The van der Waals surface area contributed by atoms with Gasteiger partial charge in [0.2, 0.25) is 5.91 Å². The van der Waals surface area contributed by atoms with E-state index in [4.69, 9.17) is 4.74 Å². The number of ether oxygens (including phenoxy) is 1. The summed E-state index contributed by atoms with van der Waals surface area (Å²) in [6, 6.07) is 7.45. The van der Waals surface area contributed by atoms with Crippen molar-refractivity contribution in [3.05, 3.63) is 29.8 Å². The molecule has 5 nitrogen and oxygen atoms in total. The third kappa shape index (κ3) is 3.37. The molecule has 2 fully saturated rings. The molecule has 3 heterocycles. The van der Waals surface area contributed by atoms with Gasteiger partial charge < -0.3 is 14.5 Å². The van der Waals surface area contributed by atoms with E-state index in [0.29, 0.717) is 43.2 Å². The molecular weight excluding hydrogens is 328 g/mol. The summed E-state index contributed by atoms with van der Waals surface area (Å²) in [6.45, 7) is 6.74. The first-order chi connectivity index (χ1) is 12.6. The lowest BCUT2D eigenvalue weighted by Gasteiger charge is -2.35. The summed E-state index contributed by atoms with van der Waals surface area (Å²) in [5.74, 6) is 1.53. The zero-order chi connectivity index (χ0) is 18.1. The Hall–Kier alpha value is -1.88. The van der Waals surface area contributed by atoms with E-state index < -0.39 is 5.60 Å². The van der Waals surface area contributed by atoms with Crippen molar-refractivity contribution in [1.29, 1.82) is 0 Å². The zero-order valence-electron chi connectivity index (χ0n) is 15.6. The van der Waals surface area contributed by atoms with Crippen LogP contribution >= 0.6 is 0 Å². The van der Waals surface area contributed by atoms with Gasteiger partial charge in [-0.05, 0) is 50.5 Å². The molecule has 1 amide bonds. The molecule has 3 aliphatic rings. The number of para-hydroxylation sites is 1. The third-order valence-corrected chi connectivity index (χ3v) is 6.28. The van der Waals surface area contributed by atoms with Crippen molar-refractivity contribution in [3.63, 3.8) is 0 Å². The molecule has 5 heteroatoms. The number of Topliss-reactive ketones (excluding diaryl/α,β-unsaturated/α-hetero) is 1. The molecule has 0 saturated carbocycles. The molecule has 2 saturated heterocycles. The first kappa shape index (κ1) is 17.5. The van der Waals surface area contributed by atoms with Crippen molar-refractivity contribution in [3.8, 4) is 5.75 Å². The summed E-state index contributed by atoms with van der Waals surface area (Å²) in [5, 5.41) is 0. The van der Waals surface area contributed by atoms with Crippen molar-refractivity contribution in [2.24, 2.45) is 5.92 Å². The minimum absolute atomic E-state index is 0.132. The fourth-order valence-corrected chi connectivity index (χ4v) is 4.61. The van der Waals surface area contributed by atoms with Crippen LogP contribution in [0.2, 0.25) is 0 Å². The molecule has 26 heavy (non-hydrogen) atoms. The number of carbonyl (C=O) groups is 2. The number of benzene rings is 1. The van der Waals surface area contributed by atoms with Crippen molar-refractivity contribution in [1.82, 2.24) is 9.80 Å². The summed E-state index contributed by atoms with van der Waals surface area (Å²) in [4.78, 5) is 29.7. The summed E-state index contributed by atoms with van der Waals surface area (Å²) in [6.07, 6.45) is 3.98. The van der Waals surface area contributed by atoms with E-state index in [1.807, 2.05) is 29.2 Å². The maximum Gasteiger partial charge on any atom is 0.222 e. The van der Waals surface area contributed by atoms with Crippen LogP contribution in [0, 0.1) is 5.92 Å². The van der Waals surface area contributed by atoms with Gasteiger partial charge in [0.05, 0.1) is 18.5 Å². The molecule has 1 spiro atoms. The highest BCUT2D eigenvalue weighted by atomic mass is 16.5. The van der Waals surface area contributed by atoms with Crippen LogP contribution in [0.15, 0.2) is 24.3 Å². The molecule has 1 atom stereocenters. The number of hydrogen-bond donors (Lipinski definition) is 0. The second kappa shape index (κ2) is 7.03. The Kier molecular flexibility index (Phi) is 4.74. The van der Waals surface area contributed by atoms with Crippen molar-refractivity contribution >= 4 is 11.7 Å². The first-order valence-electron chi connectivity index (χ1n) is 9.90. The number of rotatable bonds is 3. The van der Waals surface area contributed by atoms with Gasteiger partial charge in [-0.3, -0.25) is 9.59 Å². The maximum absolute atomic E-state index is 12.8. The minimum Gasteiger partial charge on any atom is -0.484 e. The van der Waals surface area contributed by atoms with Crippen molar-refractivity contribution in [2.45, 2.75) is 44.6 Å². The van der Waals surface area contributed by atoms with Gasteiger partial charge in [-0.1, -0.05) is 19.1 Å². The van der Waals surface area contributed by atoms with E-state index in [-0.39, 0.29) is 11.7 Å². The summed E-state index contributed by atoms with van der Waals surface area (Å²) < 4.78 is 6.23. The largest absolute Gasteiger partial charge is 0.484 e. The number of ketones is 1. The van der Waals surface area contributed by atoms with Gasteiger partial charge in [0.15, 0.2) is 5.78 Å². The number of hydrogen-bond acceptors (Lipinski definition) is 4. The fraction of sp³-hybridized carbons (Fsp3) is 0.619. The van der Waals surface area contributed by atoms with E-state index in [9.17, 15) is 9.59 Å². The molecule has 0 radical (unpaired) electrons. The summed E-state index contributed by atoms with van der Waals surface area (Å²) >= 11 is 0. The maximum atomic E-state index is 12.8. The molecule has 140 valence electrons. The molecule has 1 aromatic carbocycles. The molecule has 0 N–H and O–H groups in total. The molecule has 0 bridgehead atoms. The molecule has 0 unspecified atom stereocenters. The van der Waals surface area contributed by atoms with E-state index in [1.54, 1.807) is 0 Å². The number of piperidine rings is 1. The van der Waals surface area contributed by atoms with Crippen LogP contribution in [0.4, 0.5) is 0 Å². The highest BCUT2D eigenvalue weighted by molar-refractivity contribution is 6.00. The predicted octanol–water partition coefficient (Wildman–Crippen LogP) is 2.74. The molecule has 4 rings (SSSR count). The second-order valence-electron chi connectivity index (χ2n) is 8.03. The Morgan fingerprint density at radius 3 is 2.77 bits per heavy atom. The summed E-state index contributed by atoms with van der Waals surface area (Å²) in [5.41, 5.74) is 0.151. The van der Waals surface area contributed by atoms with Crippen molar-refractivity contribution in [2.75, 3.05) is 32.7 Å². The number of amides is 1. The molecule has 0 aromatic heterocycles. The van der Waals surface area contributed by atoms with E-state index in [0.717, 1.165) is 38.9 Å². The van der Waals surface area contributed by atoms with E-state index in [1.165, 1.54) is 0 Å². The Bertz CT molecular complexity index is 696. The molecule has 3 aliphatic heterocycles. The van der Waals surface area contributed by atoms with Crippen LogP contribution in [0.1, 0.15) is 49.4 Å². The Balaban J connectivity index is 1.37. The first-order valence-corrected chi connectivity index (χ1v) is 9.90. The summed E-state index contributed by atoms with van der Waals surface area (Å²) in [7, 11) is 0. The topological polar surface area (TPSA) is 49.9 Å². The Morgan fingerprint density at radius 1 is 1.23 bits per heavy atom. The van der Waals surface area contributed by atoms with Gasteiger partial charge in [0.1, 0.15) is 11.4 Å². The molecule has 1 aromatic rings. The van der Waals surface area contributed by atoms with E-state index in [2.05, 4.69) is 11.8 Å². The number of fused-ring (bicyclic) bond motifs is 1. The van der Waals surface area contributed by atoms with Crippen LogP contribution < -0.4 is 4.74 Å². The van der Waals surface area contributed by atoms with Gasteiger partial charge in [0, 0.05) is 19.4 Å². The normalized spacial score (nSPS) is 26.8. The highest BCUT2D eigenvalue weighted by Gasteiger charge is 2.47. The fourth-order valence-electron chi connectivity index (χ4n) is 4.61. The molecule has 0 aliphatic carbocycles. The quantitative estimate of drug-likeness (QED) is 0.836. The number of nitrogens with zero attached hydrogens (tertiary/aromatic N) is 2. The SMILES string of the molecule is CCN1CCC(CC(=O)N2CC[C@]3(CC(=O)c4ccccc4O3)C2)CC1. The Morgan fingerprint density at radius 2 is 2.00 bits per heavy atom. The Labute approximate surface area is 155 Å². The van der Waals surface area contributed by atoms with Gasteiger partial charge in [0.25, 0.3) is 0 Å². The van der Waals surface area contributed by atoms with Crippen LogP contribution in [0.25, 0.3) is 0 Å². The van der Waals surface area contributed by atoms with Gasteiger partial charge in [-0.25, -0.2) is 0 Å². The van der Waals surface area contributed by atoms with Crippen molar-refractivity contribution < 1.29 is 14.3 Å². The zero-order valence-corrected chi connectivity index (χ0v) is 15.6. The number of likely N-dealkylation sites (tertiary alicyclic amines) is 2. The number of carbonyl (C=O) groups excluding carboxylic acids is 2. The standard InChI is InChI=1S/C21H28N2O3/c1-2-22-10-7-16(8-11-22)13-20(25)23-12-9-21(15-23)14-18(24)17-5-3-4-6-19(17)26-21/h3-6,16H,2,7-15H2,1H3/t21-/m0/s1. The highest BCUT2D eigenvalue weighted by Crippen LogP contribution is 2.39. The van der Waals surface area contributed by atoms with E-state index >= 15 is 0 Å². The third-order valence-electron chi connectivity index (χ3n) is 6.28. The smallest absolute Gasteiger partial charge is 0.222 e. The average Bonchev–Trinajstić information content (AvgIpc) is 3.05. The van der Waals surface area contributed by atoms with Crippen LogP contribution in [0.3, 0.4) is 0 Å². The van der Waals surface area contributed by atoms with Crippen LogP contribution in [-0.4, -0.2) is 59.8 Å². The van der Waals surface area contributed by atoms with Crippen LogP contribution in [0.5, 0.6) is 5.75 Å². The second-order valence-corrected chi connectivity index (χ2v) is 8.03.